The molecule has 17 heteroatoms. The highest BCUT2D eigenvalue weighted by molar-refractivity contribution is 5.78. The van der Waals surface area contributed by atoms with Gasteiger partial charge in [-0.15, -0.1) is 0 Å². The van der Waals surface area contributed by atoms with Gasteiger partial charge in [-0.25, -0.2) is 46.1 Å². The second-order valence-electron chi connectivity index (χ2n) is 8.82. The van der Waals surface area contributed by atoms with Crippen molar-refractivity contribution < 1.29 is 26.7 Å². The van der Waals surface area contributed by atoms with Crippen molar-refractivity contribution in [1.82, 2.24) is 34.2 Å². The number of hydrogen-bond acceptors (Lipinski definition) is 8. The van der Waals surface area contributed by atoms with Crippen molar-refractivity contribution in [1.29, 1.82) is 5.26 Å². The van der Waals surface area contributed by atoms with Crippen LogP contribution in [-0.2, 0) is 0 Å². The van der Waals surface area contributed by atoms with Gasteiger partial charge >= 0.3 is 11.7 Å². The minimum atomic E-state index is -3.49. The zero-order valence-electron chi connectivity index (χ0n) is 20.4. The number of carbonyl (C=O) groups excluding carboxylic acids is 1. The van der Waals surface area contributed by atoms with Crippen LogP contribution in [0.1, 0.15) is 29.9 Å². The molecule has 0 spiro atoms. The number of hydrazone groups is 1. The van der Waals surface area contributed by atoms with Crippen molar-refractivity contribution in [2.75, 3.05) is 31.1 Å². The summed E-state index contributed by atoms with van der Waals surface area (Å²) < 4.78 is 67.9. The van der Waals surface area contributed by atoms with Crippen molar-refractivity contribution >= 4 is 18.2 Å². The summed E-state index contributed by atoms with van der Waals surface area (Å²) in [6, 6.07) is 4.69. The lowest BCUT2D eigenvalue weighted by atomic mass is 10.0. The summed E-state index contributed by atoms with van der Waals surface area (Å²) in [6.07, 6.45) is -3.32. The third-order valence-electron chi connectivity index (χ3n) is 6.37. The number of rotatable bonds is 5. The van der Waals surface area contributed by atoms with E-state index in [-0.39, 0.29) is 42.3 Å². The average molecular weight is 562 g/mol. The van der Waals surface area contributed by atoms with Crippen LogP contribution in [-0.4, -0.2) is 79.1 Å². The number of aromatic nitrogens is 5. The van der Waals surface area contributed by atoms with E-state index < -0.39 is 47.9 Å². The first kappa shape index (κ1) is 26.7. The largest absolute Gasteiger partial charge is 0.354 e. The normalized spacial score (nSPS) is 17.9. The first-order valence-corrected chi connectivity index (χ1v) is 11.9. The number of urea groups is 1. The molecule has 2 aliphatic rings. The second kappa shape index (κ2) is 10.7. The van der Waals surface area contributed by atoms with E-state index in [1.807, 2.05) is 6.07 Å². The molecule has 2 atom stereocenters. The Morgan fingerprint density at radius 2 is 1.85 bits per heavy atom. The van der Waals surface area contributed by atoms with Gasteiger partial charge in [-0.3, -0.25) is 0 Å². The maximum absolute atomic E-state index is 14.5. The molecule has 12 nitrogen and oxygen atoms in total. The van der Waals surface area contributed by atoms with Gasteiger partial charge in [-0.2, -0.15) is 25.1 Å². The van der Waals surface area contributed by atoms with E-state index in [0.717, 1.165) is 12.3 Å². The summed E-state index contributed by atoms with van der Waals surface area (Å²) in [6.45, 7) is 0.733. The Labute approximate surface area is 222 Å². The molecule has 2 aromatic heterocycles. The third-order valence-corrected chi connectivity index (χ3v) is 6.37. The zero-order valence-corrected chi connectivity index (χ0v) is 20.4. The van der Waals surface area contributed by atoms with Crippen LogP contribution in [0.15, 0.2) is 40.6 Å². The van der Waals surface area contributed by atoms with Crippen molar-refractivity contribution in [3.05, 3.63) is 64.0 Å². The maximum Gasteiger partial charge on any atom is 0.354 e. The van der Waals surface area contributed by atoms with Gasteiger partial charge in [-0.05, 0) is 23.8 Å². The molecule has 2 unspecified atom stereocenters. The van der Waals surface area contributed by atoms with Gasteiger partial charge in [0.2, 0.25) is 12.2 Å². The highest BCUT2D eigenvalue weighted by atomic mass is 19.3. The number of anilines is 1. The zero-order chi connectivity index (χ0) is 28.6. The van der Waals surface area contributed by atoms with E-state index in [9.17, 15) is 31.5 Å². The average Bonchev–Trinajstić information content (AvgIpc) is 3.59. The molecule has 3 aromatic rings. The van der Waals surface area contributed by atoms with Crippen LogP contribution < -0.4 is 10.6 Å². The molecular formula is C23H19F5N10O2. The van der Waals surface area contributed by atoms with E-state index >= 15 is 0 Å². The Hall–Kier alpha value is -4.88. The van der Waals surface area contributed by atoms with Gasteiger partial charge < -0.3 is 9.80 Å². The Bertz CT molecular complexity index is 1560. The molecular weight excluding hydrogens is 543 g/mol. The number of hydrogen-bond donors (Lipinski definition) is 0. The molecule has 1 fully saturated rings. The topological polar surface area (TPSA) is 129 Å². The van der Waals surface area contributed by atoms with E-state index in [4.69, 9.17) is 5.26 Å². The second-order valence-corrected chi connectivity index (χ2v) is 8.82. The molecule has 208 valence electrons. The van der Waals surface area contributed by atoms with Gasteiger partial charge in [0.1, 0.15) is 12.1 Å². The minimum Gasteiger partial charge on any atom is -0.337 e. The number of carbonyl (C=O) groups is 1. The van der Waals surface area contributed by atoms with Crippen molar-refractivity contribution in [3.8, 4) is 11.9 Å². The Morgan fingerprint density at radius 3 is 2.55 bits per heavy atom. The lowest BCUT2D eigenvalue weighted by Gasteiger charge is -2.37. The SMILES string of the molecule is N#Cc1cc(F)cc(C2CC=NN2C(=O)N2CCN(c3ncc(F)c(-n4ncn(C(F)C(F)F)c4=O)n3)CC2)c1. The molecule has 1 aromatic carbocycles. The molecule has 2 aliphatic heterocycles. The number of benzene rings is 1. The molecule has 2 amide bonds. The van der Waals surface area contributed by atoms with E-state index in [1.54, 1.807) is 4.90 Å². The van der Waals surface area contributed by atoms with Crippen LogP contribution in [0.25, 0.3) is 5.82 Å². The lowest BCUT2D eigenvalue weighted by molar-refractivity contribution is 0.00581. The molecule has 0 aliphatic carbocycles. The molecule has 4 heterocycles. The number of piperazine rings is 1. The summed E-state index contributed by atoms with van der Waals surface area (Å²) in [5.74, 6) is -2.38. The van der Waals surface area contributed by atoms with Gasteiger partial charge in [-0.1, -0.05) is 0 Å². The summed E-state index contributed by atoms with van der Waals surface area (Å²) in [5.41, 5.74) is -0.805. The molecule has 0 N–H and O–H groups in total. The first-order chi connectivity index (χ1) is 19.2. The summed E-state index contributed by atoms with van der Waals surface area (Å²) in [7, 11) is 0. The predicted octanol–water partition coefficient (Wildman–Crippen LogP) is 2.38. The maximum atomic E-state index is 14.5. The molecule has 5 rings (SSSR count). The fourth-order valence-electron chi connectivity index (χ4n) is 4.39. The predicted molar refractivity (Wildman–Crippen MR) is 128 cm³/mol. The van der Waals surface area contributed by atoms with Crippen LogP contribution in [0.3, 0.4) is 0 Å². The molecule has 40 heavy (non-hydrogen) atoms. The van der Waals surface area contributed by atoms with Crippen LogP contribution in [0.5, 0.6) is 0 Å². The number of amides is 2. The number of alkyl halides is 3. The summed E-state index contributed by atoms with van der Waals surface area (Å²) >= 11 is 0. The van der Waals surface area contributed by atoms with Gasteiger partial charge in [0.15, 0.2) is 11.6 Å². The van der Waals surface area contributed by atoms with Crippen LogP contribution >= 0.6 is 0 Å². The molecule has 0 saturated carbocycles. The summed E-state index contributed by atoms with van der Waals surface area (Å²) in [5, 5.41) is 18.0. The van der Waals surface area contributed by atoms with Crippen molar-refractivity contribution in [3.63, 3.8) is 0 Å². The van der Waals surface area contributed by atoms with E-state index in [1.165, 1.54) is 28.3 Å². The van der Waals surface area contributed by atoms with E-state index in [0.29, 0.717) is 23.0 Å². The Kier molecular flexibility index (Phi) is 7.15. The first-order valence-electron chi connectivity index (χ1n) is 11.9. The quantitative estimate of drug-likeness (QED) is 0.437. The van der Waals surface area contributed by atoms with Crippen LogP contribution in [0, 0.1) is 23.0 Å². The van der Waals surface area contributed by atoms with Gasteiger partial charge in [0.25, 0.3) is 6.43 Å². The smallest absolute Gasteiger partial charge is 0.337 e. The van der Waals surface area contributed by atoms with Crippen LogP contribution in [0.4, 0.5) is 32.7 Å². The fraction of sp³-hybridized carbons (Fsp3) is 0.348. The molecule has 0 radical (unpaired) electrons. The highest BCUT2D eigenvalue weighted by Crippen LogP contribution is 2.31. The highest BCUT2D eigenvalue weighted by Gasteiger charge is 2.34. The lowest BCUT2D eigenvalue weighted by Crippen LogP contribution is -2.52. The Morgan fingerprint density at radius 1 is 1.10 bits per heavy atom. The van der Waals surface area contributed by atoms with Crippen molar-refractivity contribution in [2.24, 2.45) is 5.10 Å². The number of nitriles is 1. The third kappa shape index (κ3) is 4.95. The number of halogens is 5. The number of nitrogens with zero attached hydrogens (tertiary/aromatic N) is 10. The van der Waals surface area contributed by atoms with Gasteiger partial charge in [0, 0.05) is 38.8 Å². The molecule has 1 saturated heterocycles. The Balaban J connectivity index is 1.29. The standard InChI is InChI=1S/C23H19F5N10O2/c24-15-8-13(10-29)7-14(9-15)17-1-2-31-37(17)22(39)35-5-3-34(4-6-35)21-30-11-16(25)20(33-21)38-23(40)36(12-32-38)19(28)18(26)27/h2,7-9,11-12,17-19H,1,3-6H2. The minimum absolute atomic E-state index is 0.0231. The van der Waals surface area contributed by atoms with Gasteiger partial charge in [0.05, 0.1) is 23.9 Å². The van der Waals surface area contributed by atoms with E-state index in [2.05, 4.69) is 20.2 Å². The van der Waals surface area contributed by atoms with Crippen molar-refractivity contribution in [2.45, 2.75) is 25.2 Å². The summed E-state index contributed by atoms with van der Waals surface area (Å²) in [4.78, 5) is 36.6. The monoisotopic (exact) mass is 562 g/mol. The molecule has 0 bridgehead atoms. The fourth-order valence-corrected chi connectivity index (χ4v) is 4.39. The van der Waals surface area contributed by atoms with Crippen LogP contribution in [0.2, 0.25) is 0 Å².